The fourth-order valence-electron chi connectivity index (χ4n) is 5.34. The smallest absolute Gasteiger partial charge is 0.264 e. The average Bonchev–Trinajstić information content (AvgIpc) is 2.88. The molecule has 0 saturated heterocycles. The van der Waals surface area contributed by atoms with Crippen molar-refractivity contribution < 1.29 is 18.0 Å². The largest absolute Gasteiger partial charge is 0.359 e. The van der Waals surface area contributed by atoms with E-state index in [1.807, 2.05) is 13.0 Å². The lowest BCUT2D eigenvalue weighted by Gasteiger charge is -2.40. The van der Waals surface area contributed by atoms with Gasteiger partial charge in [0.2, 0.25) is 11.8 Å². The molecular weight excluding hydrogens is 500 g/mol. The van der Waals surface area contributed by atoms with Crippen LogP contribution < -0.4 is 16.0 Å². The first-order valence-corrected chi connectivity index (χ1v) is 14.5. The zero-order valence-corrected chi connectivity index (χ0v) is 23.6. The fourth-order valence-corrected chi connectivity index (χ4v) is 6.81. The van der Waals surface area contributed by atoms with Crippen LogP contribution in [0.4, 0.5) is 0 Å². The Morgan fingerprint density at radius 1 is 1.16 bits per heavy atom. The summed E-state index contributed by atoms with van der Waals surface area (Å²) < 4.78 is 28.6. The monoisotopic (exact) mass is 538 g/mol. The van der Waals surface area contributed by atoms with Gasteiger partial charge in [-0.05, 0) is 81.7 Å². The third-order valence-corrected chi connectivity index (χ3v) is 9.07. The first-order chi connectivity index (χ1) is 17.9. The van der Waals surface area contributed by atoms with E-state index in [2.05, 4.69) is 48.9 Å². The molecule has 0 radical (unpaired) electrons. The number of aryl methyl sites for hydroxylation is 2. The minimum Gasteiger partial charge on any atom is -0.359 e. The van der Waals surface area contributed by atoms with Crippen molar-refractivity contribution >= 4 is 21.8 Å². The molecular formula is C29H38N4O4S. The normalized spacial score (nSPS) is 20.4. The third-order valence-electron chi connectivity index (χ3n) is 7.30. The first kappa shape index (κ1) is 27.9. The summed E-state index contributed by atoms with van der Waals surface area (Å²) >= 11 is 0. The summed E-state index contributed by atoms with van der Waals surface area (Å²) in [6, 6.07) is 11.5. The molecule has 1 heterocycles. The molecule has 1 aliphatic heterocycles. The number of carbonyl (C=O) groups excluding carboxylic acids is 2. The van der Waals surface area contributed by atoms with Crippen molar-refractivity contribution in [3.63, 3.8) is 0 Å². The van der Waals surface area contributed by atoms with Crippen LogP contribution in [0.1, 0.15) is 61.8 Å². The van der Waals surface area contributed by atoms with Gasteiger partial charge in [0.15, 0.2) is 0 Å². The van der Waals surface area contributed by atoms with E-state index < -0.39 is 27.9 Å². The maximum atomic E-state index is 13.8. The minimum atomic E-state index is -4.09. The van der Waals surface area contributed by atoms with E-state index in [9.17, 15) is 18.0 Å². The molecule has 4 rings (SSSR count). The van der Waals surface area contributed by atoms with E-state index in [0.29, 0.717) is 6.42 Å². The summed E-state index contributed by atoms with van der Waals surface area (Å²) in [5, 5.41) is 8.85. The van der Waals surface area contributed by atoms with Crippen LogP contribution in [-0.4, -0.2) is 43.2 Å². The molecule has 3 atom stereocenters. The fraction of sp³-hybridized carbons (Fsp3) is 0.448. The molecule has 3 N–H and O–H groups in total. The number of nitrogens with zero attached hydrogens (tertiary/aromatic N) is 1. The van der Waals surface area contributed by atoms with E-state index in [0.717, 1.165) is 45.9 Å². The summed E-state index contributed by atoms with van der Waals surface area (Å²) in [4.78, 5) is 26.9. The molecule has 38 heavy (non-hydrogen) atoms. The lowest BCUT2D eigenvalue weighted by molar-refractivity contribution is -0.134. The Kier molecular flexibility index (Phi) is 7.99. The van der Waals surface area contributed by atoms with Gasteiger partial charge in [0, 0.05) is 31.5 Å². The van der Waals surface area contributed by atoms with Gasteiger partial charge in [0.25, 0.3) is 10.0 Å². The standard InChI is InChI=1S/C29H38N4O4S/c1-19-9-12-22(13-10-19)38(36,37)33-16-15-31-28(35)26(33)25(27(34)30-5)24-8-6-7-21-17-20(11-14-23(21)24)18-32-29(2,3)4/h9-17,24-26,32H,6-8,18H2,1-5H3,(H,30,34)(H,31,35)/t24-,25?,26+/m0/s1. The lowest BCUT2D eigenvalue weighted by atomic mass is 9.72. The molecule has 0 saturated carbocycles. The van der Waals surface area contributed by atoms with Crippen LogP contribution in [0.5, 0.6) is 0 Å². The van der Waals surface area contributed by atoms with E-state index in [4.69, 9.17) is 0 Å². The average molecular weight is 539 g/mol. The minimum absolute atomic E-state index is 0.0169. The highest BCUT2D eigenvalue weighted by atomic mass is 32.2. The van der Waals surface area contributed by atoms with Gasteiger partial charge in [-0.1, -0.05) is 35.9 Å². The number of benzene rings is 2. The van der Waals surface area contributed by atoms with Crippen LogP contribution in [0.15, 0.2) is 59.8 Å². The van der Waals surface area contributed by atoms with Crippen LogP contribution in [0.3, 0.4) is 0 Å². The predicted octanol–water partition coefficient (Wildman–Crippen LogP) is 3.33. The maximum absolute atomic E-state index is 13.8. The topological polar surface area (TPSA) is 108 Å². The zero-order chi connectivity index (χ0) is 27.7. The highest BCUT2D eigenvalue weighted by Crippen LogP contribution is 2.41. The lowest BCUT2D eigenvalue weighted by Crippen LogP contribution is -2.57. The van der Waals surface area contributed by atoms with Crippen molar-refractivity contribution in [3.8, 4) is 0 Å². The van der Waals surface area contributed by atoms with Crippen molar-refractivity contribution in [2.24, 2.45) is 5.92 Å². The van der Waals surface area contributed by atoms with Gasteiger partial charge >= 0.3 is 0 Å². The van der Waals surface area contributed by atoms with Gasteiger partial charge in [0.05, 0.1) is 10.8 Å². The molecule has 0 spiro atoms. The Morgan fingerprint density at radius 2 is 1.87 bits per heavy atom. The van der Waals surface area contributed by atoms with Crippen LogP contribution in [-0.2, 0) is 32.6 Å². The number of hydrogen-bond acceptors (Lipinski definition) is 5. The molecule has 0 aromatic heterocycles. The molecule has 0 fully saturated rings. The molecule has 2 aliphatic rings. The van der Waals surface area contributed by atoms with Gasteiger partial charge in [-0.25, -0.2) is 8.42 Å². The van der Waals surface area contributed by atoms with Gasteiger partial charge in [0.1, 0.15) is 6.04 Å². The maximum Gasteiger partial charge on any atom is 0.264 e. The molecule has 1 unspecified atom stereocenters. The number of hydrogen-bond donors (Lipinski definition) is 3. The van der Waals surface area contributed by atoms with Crippen molar-refractivity contribution in [1.29, 1.82) is 0 Å². The van der Waals surface area contributed by atoms with Crippen LogP contribution >= 0.6 is 0 Å². The highest BCUT2D eigenvalue weighted by molar-refractivity contribution is 7.89. The van der Waals surface area contributed by atoms with Crippen molar-refractivity contribution in [3.05, 3.63) is 77.1 Å². The Morgan fingerprint density at radius 3 is 2.53 bits per heavy atom. The van der Waals surface area contributed by atoms with E-state index in [1.54, 1.807) is 12.1 Å². The summed E-state index contributed by atoms with van der Waals surface area (Å²) in [6.07, 6.45) is 5.06. The second-order valence-electron chi connectivity index (χ2n) is 11.2. The Hall–Kier alpha value is -3.17. The van der Waals surface area contributed by atoms with Gasteiger partial charge in [-0.2, -0.15) is 0 Å². The number of amides is 2. The number of carbonyl (C=O) groups is 2. The van der Waals surface area contributed by atoms with Crippen molar-refractivity contribution in [2.45, 2.75) is 75.9 Å². The van der Waals surface area contributed by atoms with Crippen molar-refractivity contribution in [2.75, 3.05) is 7.05 Å². The SMILES string of the molecule is CNC(=O)C([C@H]1CCCc2cc(CNC(C)(C)C)ccc21)[C@@H]1C(=O)NC=CN1S(=O)(=O)c1ccc(C)cc1. The van der Waals surface area contributed by atoms with Gasteiger partial charge in [-0.3, -0.25) is 13.9 Å². The highest BCUT2D eigenvalue weighted by Gasteiger charge is 2.48. The summed E-state index contributed by atoms with van der Waals surface area (Å²) in [5.74, 6) is -2.11. The third kappa shape index (κ3) is 5.78. The summed E-state index contributed by atoms with van der Waals surface area (Å²) in [7, 11) is -2.57. The second kappa shape index (κ2) is 10.9. The van der Waals surface area contributed by atoms with Crippen LogP contribution in [0.2, 0.25) is 0 Å². The zero-order valence-electron chi connectivity index (χ0n) is 22.7. The molecule has 0 bridgehead atoms. The Labute approximate surface area is 225 Å². The molecule has 2 aromatic rings. The van der Waals surface area contributed by atoms with Gasteiger partial charge < -0.3 is 16.0 Å². The number of nitrogens with one attached hydrogen (secondary N) is 3. The quantitative estimate of drug-likeness (QED) is 0.501. The van der Waals surface area contributed by atoms with Gasteiger partial charge in [-0.15, -0.1) is 0 Å². The van der Waals surface area contributed by atoms with E-state index in [-0.39, 0.29) is 22.3 Å². The predicted molar refractivity (Wildman–Crippen MR) is 148 cm³/mol. The summed E-state index contributed by atoms with van der Waals surface area (Å²) in [6.45, 7) is 8.96. The number of sulfonamides is 1. The van der Waals surface area contributed by atoms with E-state index in [1.165, 1.54) is 31.6 Å². The van der Waals surface area contributed by atoms with Crippen molar-refractivity contribution in [1.82, 2.24) is 20.3 Å². The molecule has 2 aromatic carbocycles. The van der Waals surface area contributed by atoms with Crippen LogP contribution in [0.25, 0.3) is 0 Å². The molecule has 204 valence electrons. The molecule has 8 nitrogen and oxygen atoms in total. The second-order valence-corrected chi connectivity index (χ2v) is 13.0. The Bertz CT molecular complexity index is 1330. The first-order valence-electron chi connectivity index (χ1n) is 13.1. The van der Waals surface area contributed by atoms with E-state index >= 15 is 0 Å². The molecule has 1 aliphatic carbocycles. The number of fused-ring (bicyclic) bond motifs is 1. The number of rotatable bonds is 7. The molecule has 2 amide bonds. The molecule has 9 heteroatoms. The van der Waals surface area contributed by atoms with Crippen LogP contribution in [0, 0.1) is 12.8 Å². The summed E-state index contributed by atoms with van der Waals surface area (Å²) in [5.41, 5.74) is 4.20. The Balaban J connectivity index is 1.75.